The van der Waals surface area contributed by atoms with Crippen LogP contribution in [0.2, 0.25) is 0 Å². The van der Waals surface area contributed by atoms with Gasteiger partial charge in [-0.1, -0.05) is 34.1 Å². The Hall–Kier alpha value is -3.30. The molecule has 0 spiro atoms. The topological polar surface area (TPSA) is 140 Å². The van der Waals surface area contributed by atoms with Crippen molar-refractivity contribution in [3.05, 3.63) is 39.9 Å². The number of carbonyl (C=O) groups is 3. The number of ether oxygens (including phenoxy) is 1. The van der Waals surface area contributed by atoms with Gasteiger partial charge in [0.05, 0.1) is 11.5 Å². The van der Waals surface area contributed by atoms with Crippen molar-refractivity contribution in [2.75, 3.05) is 6.61 Å². The van der Waals surface area contributed by atoms with Gasteiger partial charge in [0.2, 0.25) is 11.8 Å². The van der Waals surface area contributed by atoms with Crippen LogP contribution in [0.5, 0.6) is 0 Å². The average molecular weight is 463 g/mol. The molecule has 1 unspecified atom stereocenters. The first-order chi connectivity index (χ1) is 15.5. The molecule has 10 heteroatoms. The first-order valence-corrected chi connectivity index (χ1v) is 11.1. The van der Waals surface area contributed by atoms with Gasteiger partial charge in [0.15, 0.2) is 0 Å². The lowest BCUT2D eigenvalue weighted by molar-refractivity contribution is -0.384. The lowest BCUT2D eigenvalue weighted by atomic mass is 9.96. The van der Waals surface area contributed by atoms with E-state index in [9.17, 15) is 24.5 Å². The van der Waals surface area contributed by atoms with Crippen molar-refractivity contribution < 1.29 is 24.0 Å². The zero-order chi connectivity index (χ0) is 25.1. The number of nitro benzene ring substituents is 1. The van der Waals surface area contributed by atoms with Crippen LogP contribution in [0.4, 0.5) is 5.69 Å². The molecule has 0 fully saturated rings. The van der Waals surface area contributed by atoms with E-state index in [0.717, 1.165) is 0 Å². The monoisotopic (exact) mass is 462 g/mol. The normalized spacial score (nSPS) is 14.9. The minimum absolute atomic E-state index is 0.0373. The first kappa shape index (κ1) is 27.7. The summed E-state index contributed by atoms with van der Waals surface area (Å²) in [6.45, 7) is 10.8. The lowest BCUT2D eigenvalue weighted by Gasteiger charge is -2.27. The van der Waals surface area contributed by atoms with Gasteiger partial charge in [-0.05, 0) is 43.4 Å². The minimum Gasteiger partial charge on any atom is -0.464 e. The summed E-state index contributed by atoms with van der Waals surface area (Å²) in [4.78, 5) is 52.4. The molecule has 0 radical (unpaired) electrons. The van der Waals surface area contributed by atoms with E-state index in [1.54, 1.807) is 19.1 Å². The fourth-order valence-electron chi connectivity index (χ4n) is 2.96. The number of non-ortho nitro benzene ring substituents is 1. The SMILES string of the molecule is CCOC(=O)[C@H](C)NC(=O)[C@@H](NC(=O)[C@@H](N=Cc1ccc([N+](=O)[O-])cc1)C(C)C)C(C)CC. The summed E-state index contributed by atoms with van der Waals surface area (Å²) in [5.74, 6) is -1.80. The maximum absolute atomic E-state index is 13.0. The van der Waals surface area contributed by atoms with Crippen LogP contribution in [0.25, 0.3) is 0 Å². The van der Waals surface area contributed by atoms with Crippen molar-refractivity contribution in [2.45, 2.75) is 66.1 Å². The maximum atomic E-state index is 13.0. The zero-order valence-corrected chi connectivity index (χ0v) is 20.0. The van der Waals surface area contributed by atoms with E-state index < -0.39 is 40.8 Å². The molecule has 0 bridgehead atoms. The number of aliphatic imine (C=N–C) groups is 1. The lowest BCUT2D eigenvalue weighted by Crippen LogP contribution is -2.55. The third-order valence-electron chi connectivity index (χ3n) is 5.18. The minimum atomic E-state index is -0.852. The van der Waals surface area contributed by atoms with E-state index in [0.29, 0.717) is 12.0 Å². The van der Waals surface area contributed by atoms with Gasteiger partial charge < -0.3 is 15.4 Å². The molecular weight excluding hydrogens is 428 g/mol. The number of nitrogens with one attached hydrogen (secondary N) is 2. The molecule has 10 nitrogen and oxygen atoms in total. The summed E-state index contributed by atoms with van der Waals surface area (Å²) in [6.07, 6.45) is 2.11. The van der Waals surface area contributed by atoms with Crippen LogP contribution in [0.3, 0.4) is 0 Å². The molecule has 2 amide bonds. The van der Waals surface area contributed by atoms with Crippen LogP contribution in [0, 0.1) is 22.0 Å². The third-order valence-corrected chi connectivity index (χ3v) is 5.18. The first-order valence-electron chi connectivity index (χ1n) is 11.1. The molecule has 0 aliphatic carbocycles. The molecule has 0 aliphatic rings. The fourth-order valence-corrected chi connectivity index (χ4v) is 2.96. The van der Waals surface area contributed by atoms with Gasteiger partial charge in [0.25, 0.3) is 5.69 Å². The van der Waals surface area contributed by atoms with E-state index in [2.05, 4.69) is 15.6 Å². The molecule has 0 aliphatic heterocycles. The van der Waals surface area contributed by atoms with Gasteiger partial charge >= 0.3 is 5.97 Å². The number of hydrogen-bond donors (Lipinski definition) is 2. The van der Waals surface area contributed by atoms with Gasteiger partial charge in [-0.2, -0.15) is 0 Å². The molecule has 0 saturated heterocycles. The Morgan fingerprint density at radius 3 is 2.15 bits per heavy atom. The van der Waals surface area contributed by atoms with Crippen molar-refractivity contribution in [1.29, 1.82) is 0 Å². The van der Waals surface area contributed by atoms with E-state index in [1.165, 1.54) is 25.3 Å². The second kappa shape index (κ2) is 13.3. The average Bonchev–Trinajstić information content (AvgIpc) is 2.77. The van der Waals surface area contributed by atoms with Crippen molar-refractivity contribution in [1.82, 2.24) is 10.6 Å². The highest BCUT2D eigenvalue weighted by molar-refractivity contribution is 5.93. The van der Waals surface area contributed by atoms with Crippen molar-refractivity contribution >= 4 is 29.7 Å². The van der Waals surface area contributed by atoms with Crippen molar-refractivity contribution in [3.8, 4) is 0 Å². The Bertz CT molecular complexity index is 853. The highest BCUT2D eigenvalue weighted by Crippen LogP contribution is 2.14. The molecule has 33 heavy (non-hydrogen) atoms. The van der Waals surface area contributed by atoms with Crippen LogP contribution < -0.4 is 10.6 Å². The molecule has 4 atom stereocenters. The second-order valence-corrected chi connectivity index (χ2v) is 8.17. The van der Waals surface area contributed by atoms with Crippen LogP contribution >= 0.6 is 0 Å². The van der Waals surface area contributed by atoms with E-state index in [-0.39, 0.29) is 24.1 Å². The summed E-state index contributed by atoms with van der Waals surface area (Å²) in [5.41, 5.74) is 0.572. The molecule has 1 aromatic carbocycles. The van der Waals surface area contributed by atoms with Crippen LogP contribution in [0.15, 0.2) is 29.3 Å². The largest absolute Gasteiger partial charge is 0.464 e. The fraction of sp³-hybridized carbons (Fsp3) is 0.565. The highest BCUT2D eigenvalue weighted by Gasteiger charge is 2.31. The van der Waals surface area contributed by atoms with Gasteiger partial charge in [0, 0.05) is 18.3 Å². The molecule has 0 heterocycles. The quantitative estimate of drug-likeness (QED) is 0.212. The number of carbonyl (C=O) groups excluding carboxylic acids is 3. The molecule has 1 rings (SSSR count). The molecule has 0 aromatic heterocycles. The van der Waals surface area contributed by atoms with Crippen molar-refractivity contribution in [2.24, 2.45) is 16.8 Å². The third kappa shape index (κ3) is 8.63. The highest BCUT2D eigenvalue weighted by atomic mass is 16.6. The molecular formula is C23H34N4O6. The van der Waals surface area contributed by atoms with Crippen molar-refractivity contribution in [3.63, 3.8) is 0 Å². The maximum Gasteiger partial charge on any atom is 0.328 e. The smallest absolute Gasteiger partial charge is 0.328 e. The van der Waals surface area contributed by atoms with Gasteiger partial charge in [0.1, 0.15) is 18.1 Å². The Balaban J connectivity index is 2.97. The van der Waals surface area contributed by atoms with E-state index in [1.807, 2.05) is 27.7 Å². The van der Waals surface area contributed by atoms with E-state index in [4.69, 9.17) is 4.74 Å². The number of nitro groups is 1. The summed E-state index contributed by atoms with van der Waals surface area (Å²) < 4.78 is 4.92. The van der Waals surface area contributed by atoms with Gasteiger partial charge in [-0.25, -0.2) is 4.79 Å². The summed E-state index contributed by atoms with van der Waals surface area (Å²) in [6, 6.07) is 3.34. The number of esters is 1. The van der Waals surface area contributed by atoms with Gasteiger partial charge in [-0.15, -0.1) is 0 Å². The standard InChI is InChI=1S/C23H34N4O6/c1-7-15(5)20(22(29)25-16(6)23(30)33-8-2)26-21(28)19(14(3)4)24-13-17-9-11-18(12-10-17)27(31)32/h9-16,19-20H,7-8H2,1-6H3,(H,25,29)(H,26,28)/t15?,16-,19-,20-/m0/s1. The molecule has 0 saturated carbocycles. The number of benzene rings is 1. The van der Waals surface area contributed by atoms with Crippen LogP contribution in [-0.2, 0) is 19.1 Å². The Morgan fingerprint density at radius 1 is 1.06 bits per heavy atom. The summed E-state index contributed by atoms with van der Waals surface area (Å²) in [7, 11) is 0. The molecule has 2 N–H and O–H groups in total. The Kier molecular flexibility index (Phi) is 11.2. The van der Waals surface area contributed by atoms with E-state index >= 15 is 0 Å². The second-order valence-electron chi connectivity index (χ2n) is 8.17. The van der Waals surface area contributed by atoms with Crippen LogP contribution in [0.1, 0.15) is 53.5 Å². The number of nitrogens with zero attached hydrogens (tertiary/aromatic N) is 2. The molecule has 1 aromatic rings. The summed E-state index contributed by atoms with van der Waals surface area (Å²) >= 11 is 0. The predicted molar refractivity (Wildman–Crippen MR) is 125 cm³/mol. The Morgan fingerprint density at radius 2 is 1.67 bits per heavy atom. The summed E-state index contributed by atoms with van der Waals surface area (Å²) in [5, 5.41) is 16.2. The number of hydrogen-bond acceptors (Lipinski definition) is 7. The van der Waals surface area contributed by atoms with Gasteiger partial charge in [-0.3, -0.25) is 24.7 Å². The predicted octanol–water partition coefficient (Wildman–Crippen LogP) is 2.64. The zero-order valence-electron chi connectivity index (χ0n) is 20.0. The number of rotatable bonds is 12. The Labute approximate surface area is 194 Å². The van der Waals surface area contributed by atoms with Crippen LogP contribution in [-0.4, -0.2) is 53.7 Å². The number of amides is 2. The molecule has 182 valence electrons.